The van der Waals surface area contributed by atoms with Crippen molar-refractivity contribution in [1.29, 1.82) is 0 Å². The van der Waals surface area contributed by atoms with Crippen LogP contribution in [0.3, 0.4) is 0 Å². The molecule has 0 atom stereocenters. The van der Waals surface area contributed by atoms with Crippen molar-refractivity contribution in [2.24, 2.45) is 7.05 Å². The molecule has 0 N–H and O–H groups in total. The van der Waals surface area contributed by atoms with Crippen LogP contribution < -0.4 is 4.74 Å². The zero-order valence-corrected chi connectivity index (χ0v) is 15.1. The molecule has 6 heteroatoms. The highest BCUT2D eigenvalue weighted by molar-refractivity contribution is 5.80. The number of carbonyl (C=O) groups is 2. The van der Waals surface area contributed by atoms with Gasteiger partial charge in [0.15, 0.2) is 6.61 Å². The highest BCUT2D eigenvalue weighted by Gasteiger charge is 2.22. The molecule has 1 aliphatic heterocycles. The number of aryl methyl sites for hydroxylation is 1. The second-order valence-electron chi connectivity index (χ2n) is 6.58. The first-order valence-electron chi connectivity index (χ1n) is 8.96. The van der Waals surface area contributed by atoms with Crippen LogP contribution >= 0.6 is 0 Å². The fourth-order valence-electron chi connectivity index (χ4n) is 3.12. The highest BCUT2D eigenvalue weighted by Crippen LogP contribution is 2.11. The number of aromatic nitrogens is 1. The predicted octanol–water partition coefficient (Wildman–Crippen LogP) is 1.71. The van der Waals surface area contributed by atoms with Gasteiger partial charge in [-0.25, -0.2) is 0 Å². The van der Waals surface area contributed by atoms with Crippen molar-refractivity contribution in [1.82, 2.24) is 14.4 Å². The van der Waals surface area contributed by atoms with Crippen molar-refractivity contribution in [3.8, 4) is 5.75 Å². The molecule has 0 radical (unpaired) electrons. The Hall–Kier alpha value is -2.76. The highest BCUT2D eigenvalue weighted by atomic mass is 16.5. The molecule has 0 spiro atoms. The van der Waals surface area contributed by atoms with E-state index in [1.165, 1.54) is 0 Å². The van der Waals surface area contributed by atoms with Crippen LogP contribution in [0.25, 0.3) is 0 Å². The third-order valence-electron chi connectivity index (χ3n) is 4.56. The number of hydrogen-bond donors (Lipinski definition) is 0. The molecule has 1 aromatic heterocycles. The molecule has 0 aliphatic carbocycles. The minimum Gasteiger partial charge on any atom is -0.484 e. The van der Waals surface area contributed by atoms with Crippen molar-refractivity contribution in [2.45, 2.75) is 12.8 Å². The number of rotatable bonds is 5. The molecule has 26 heavy (non-hydrogen) atoms. The zero-order chi connectivity index (χ0) is 18.4. The molecule has 1 aromatic carbocycles. The summed E-state index contributed by atoms with van der Waals surface area (Å²) in [6.45, 7) is 2.50. The van der Waals surface area contributed by atoms with Gasteiger partial charge in [0.25, 0.3) is 5.91 Å². The van der Waals surface area contributed by atoms with E-state index in [1.807, 2.05) is 65.3 Å². The first-order chi connectivity index (χ1) is 12.6. The lowest BCUT2D eigenvalue weighted by Crippen LogP contribution is -2.39. The van der Waals surface area contributed by atoms with Crippen molar-refractivity contribution < 1.29 is 14.3 Å². The predicted molar refractivity (Wildman–Crippen MR) is 98.8 cm³/mol. The number of para-hydroxylation sites is 1. The molecule has 2 amide bonds. The van der Waals surface area contributed by atoms with Gasteiger partial charge < -0.3 is 19.1 Å². The Labute approximate surface area is 154 Å². The van der Waals surface area contributed by atoms with Crippen LogP contribution in [0, 0.1) is 0 Å². The molecular weight excluding hydrogens is 330 g/mol. The minimum atomic E-state index is -0.0359. The van der Waals surface area contributed by atoms with Gasteiger partial charge in [0.1, 0.15) is 5.75 Å². The average Bonchev–Trinajstić information content (AvgIpc) is 2.91. The Kier molecular flexibility index (Phi) is 5.94. The second kappa shape index (κ2) is 8.56. The molecule has 138 valence electrons. The van der Waals surface area contributed by atoms with E-state index in [1.54, 1.807) is 4.90 Å². The lowest BCUT2D eigenvalue weighted by atomic mass is 10.2. The smallest absolute Gasteiger partial charge is 0.260 e. The molecule has 0 saturated carbocycles. The number of hydrogen-bond acceptors (Lipinski definition) is 3. The maximum absolute atomic E-state index is 12.5. The summed E-state index contributed by atoms with van der Waals surface area (Å²) in [5.41, 5.74) is 1.02. The van der Waals surface area contributed by atoms with Gasteiger partial charge in [-0.15, -0.1) is 0 Å². The first kappa shape index (κ1) is 18.0. The summed E-state index contributed by atoms with van der Waals surface area (Å²) in [4.78, 5) is 28.5. The molecule has 1 aliphatic rings. The van der Waals surface area contributed by atoms with Crippen LogP contribution in [0.5, 0.6) is 5.75 Å². The fraction of sp³-hybridized carbons (Fsp3) is 0.400. The van der Waals surface area contributed by atoms with E-state index in [4.69, 9.17) is 4.74 Å². The van der Waals surface area contributed by atoms with Crippen molar-refractivity contribution in [3.63, 3.8) is 0 Å². The maximum atomic E-state index is 12.5. The molecule has 1 saturated heterocycles. The number of nitrogens with zero attached hydrogens (tertiary/aromatic N) is 3. The van der Waals surface area contributed by atoms with Gasteiger partial charge in [0.05, 0.1) is 6.42 Å². The Balaban J connectivity index is 1.47. The van der Waals surface area contributed by atoms with Gasteiger partial charge in [-0.2, -0.15) is 0 Å². The van der Waals surface area contributed by atoms with Crippen LogP contribution in [-0.2, 0) is 23.1 Å². The molecule has 1 fully saturated rings. The molecule has 6 nitrogen and oxygen atoms in total. The van der Waals surface area contributed by atoms with Crippen molar-refractivity contribution in [2.75, 3.05) is 32.8 Å². The Morgan fingerprint density at radius 3 is 2.31 bits per heavy atom. The van der Waals surface area contributed by atoms with E-state index in [2.05, 4.69) is 0 Å². The summed E-state index contributed by atoms with van der Waals surface area (Å²) in [7, 11) is 1.95. The standard InChI is InChI=1S/C20H25N3O3/c1-21-11-8-17(15-21)14-19(24)22-9-5-10-23(13-12-22)20(25)16-26-18-6-3-2-4-7-18/h2-4,6-8,11,15H,5,9-10,12-14,16H2,1H3. The quantitative estimate of drug-likeness (QED) is 0.820. The fourth-order valence-corrected chi connectivity index (χ4v) is 3.12. The van der Waals surface area contributed by atoms with Crippen LogP contribution in [0.2, 0.25) is 0 Å². The number of ether oxygens (including phenoxy) is 1. The van der Waals surface area contributed by atoms with E-state index in [9.17, 15) is 9.59 Å². The molecule has 0 bridgehead atoms. The Morgan fingerprint density at radius 1 is 0.962 bits per heavy atom. The van der Waals surface area contributed by atoms with Gasteiger partial charge in [-0.3, -0.25) is 9.59 Å². The lowest BCUT2D eigenvalue weighted by Gasteiger charge is -2.22. The summed E-state index contributed by atoms with van der Waals surface area (Å²) in [6.07, 6.45) is 5.11. The van der Waals surface area contributed by atoms with Crippen LogP contribution in [0.1, 0.15) is 12.0 Å². The maximum Gasteiger partial charge on any atom is 0.260 e. The molecule has 2 heterocycles. The van der Waals surface area contributed by atoms with E-state index in [0.29, 0.717) is 38.3 Å². The van der Waals surface area contributed by atoms with E-state index in [-0.39, 0.29) is 18.4 Å². The Morgan fingerprint density at radius 2 is 1.65 bits per heavy atom. The molecule has 3 rings (SSSR count). The summed E-state index contributed by atoms with van der Waals surface area (Å²) >= 11 is 0. The van der Waals surface area contributed by atoms with Crippen LogP contribution in [0.4, 0.5) is 0 Å². The monoisotopic (exact) mass is 355 g/mol. The van der Waals surface area contributed by atoms with E-state index < -0.39 is 0 Å². The van der Waals surface area contributed by atoms with Crippen LogP contribution in [0.15, 0.2) is 48.8 Å². The van der Waals surface area contributed by atoms with Gasteiger partial charge in [-0.1, -0.05) is 18.2 Å². The Bertz CT molecular complexity index is 742. The largest absolute Gasteiger partial charge is 0.484 e. The minimum absolute atomic E-state index is 0.0297. The third-order valence-corrected chi connectivity index (χ3v) is 4.56. The van der Waals surface area contributed by atoms with Crippen LogP contribution in [-0.4, -0.2) is 59.0 Å². The van der Waals surface area contributed by atoms with Gasteiger partial charge in [0, 0.05) is 45.6 Å². The number of benzene rings is 1. The first-order valence-corrected chi connectivity index (χ1v) is 8.96. The number of carbonyl (C=O) groups excluding carboxylic acids is 2. The lowest BCUT2D eigenvalue weighted by molar-refractivity contribution is -0.134. The van der Waals surface area contributed by atoms with Gasteiger partial charge >= 0.3 is 0 Å². The van der Waals surface area contributed by atoms with E-state index in [0.717, 1.165) is 12.0 Å². The summed E-state index contributed by atoms with van der Waals surface area (Å²) in [5, 5.41) is 0. The summed E-state index contributed by atoms with van der Waals surface area (Å²) in [5.74, 6) is 0.771. The average molecular weight is 355 g/mol. The molecular formula is C20H25N3O3. The molecule has 0 unspecified atom stereocenters. The number of amides is 2. The van der Waals surface area contributed by atoms with Gasteiger partial charge in [0.2, 0.25) is 5.91 Å². The van der Waals surface area contributed by atoms with Crippen molar-refractivity contribution in [3.05, 3.63) is 54.4 Å². The van der Waals surface area contributed by atoms with Gasteiger partial charge in [-0.05, 0) is 30.2 Å². The topological polar surface area (TPSA) is 54.8 Å². The second-order valence-corrected chi connectivity index (χ2v) is 6.58. The summed E-state index contributed by atoms with van der Waals surface area (Å²) in [6, 6.07) is 11.3. The SMILES string of the molecule is Cn1ccc(CC(=O)N2CCCN(C(=O)COc3ccccc3)CC2)c1. The normalized spacial score (nSPS) is 14.8. The van der Waals surface area contributed by atoms with Crippen molar-refractivity contribution >= 4 is 11.8 Å². The zero-order valence-electron chi connectivity index (χ0n) is 15.1. The third kappa shape index (κ3) is 4.88. The summed E-state index contributed by atoms with van der Waals surface area (Å²) < 4.78 is 7.49. The van der Waals surface area contributed by atoms with E-state index >= 15 is 0 Å². The molecule has 2 aromatic rings.